The SMILES string of the molecule is O=C(NCC(=O)N1CC=C(c2c[nH]c3ccccc23)CC1)c1ccc(F)cc1. The second-order valence-electron chi connectivity index (χ2n) is 6.76. The lowest BCUT2D eigenvalue weighted by molar-refractivity contribution is -0.129. The van der Waals surface area contributed by atoms with E-state index in [2.05, 4.69) is 22.4 Å². The van der Waals surface area contributed by atoms with Gasteiger partial charge in [-0.15, -0.1) is 0 Å². The van der Waals surface area contributed by atoms with Crippen molar-refractivity contribution in [3.8, 4) is 0 Å². The maximum absolute atomic E-state index is 12.9. The van der Waals surface area contributed by atoms with Gasteiger partial charge in [0.1, 0.15) is 5.82 Å². The first kappa shape index (κ1) is 18.0. The first-order chi connectivity index (χ1) is 13.6. The fourth-order valence-electron chi connectivity index (χ4n) is 3.45. The molecule has 5 nitrogen and oxygen atoms in total. The molecule has 0 bridgehead atoms. The van der Waals surface area contributed by atoms with E-state index >= 15 is 0 Å². The van der Waals surface area contributed by atoms with Crippen molar-refractivity contribution >= 4 is 28.3 Å². The number of fused-ring (bicyclic) bond motifs is 1. The molecular formula is C22H20FN3O2. The van der Waals surface area contributed by atoms with Crippen LogP contribution in [0, 0.1) is 5.82 Å². The minimum absolute atomic E-state index is 0.0769. The van der Waals surface area contributed by atoms with Gasteiger partial charge in [0, 0.05) is 41.3 Å². The average molecular weight is 377 g/mol. The second kappa shape index (κ2) is 7.68. The van der Waals surface area contributed by atoms with Crippen LogP contribution in [0.4, 0.5) is 4.39 Å². The van der Waals surface area contributed by atoms with Gasteiger partial charge in [-0.1, -0.05) is 24.3 Å². The number of amides is 2. The zero-order chi connectivity index (χ0) is 19.5. The standard InChI is InChI=1S/C22H20FN3O2/c23-17-7-5-16(6-8-17)22(28)25-14-21(27)26-11-9-15(10-12-26)19-13-24-20-4-2-1-3-18(19)20/h1-9,13,24H,10-12,14H2,(H,25,28). The minimum Gasteiger partial charge on any atom is -0.361 e. The number of hydrogen-bond acceptors (Lipinski definition) is 2. The molecule has 2 aromatic carbocycles. The summed E-state index contributed by atoms with van der Waals surface area (Å²) in [6, 6.07) is 13.4. The molecule has 0 saturated carbocycles. The Hall–Kier alpha value is -3.41. The van der Waals surface area contributed by atoms with Gasteiger partial charge in [0.05, 0.1) is 6.54 Å². The van der Waals surface area contributed by atoms with Crippen LogP contribution in [0.15, 0.2) is 60.8 Å². The van der Waals surface area contributed by atoms with Gasteiger partial charge in [-0.3, -0.25) is 9.59 Å². The van der Waals surface area contributed by atoms with E-state index in [0.29, 0.717) is 18.7 Å². The van der Waals surface area contributed by atoms with Gasteiger partial charge >= 0.3 is 0 Å². The number of nitrogens with zero attached hydrogens (tertiary/aromatic N) is 1. The quantitative estimate of drug-likeness (QED) is 0.732. The summed E-state index contributed by atoms with van der Waals surface area (Å²) in [7, 11) is 0. The van der Waals surface area contributed by atoms with Gasteiger partial charge in [0.15, 0.2) is 0 Å². The Balaban J connectivity index is 1.36. The average Bonchev–Trinajstić information content (AvgIpc) is 3.16. The molecule has 0 spiro atoms. The highest BCUT2D eigenvalue weighted by Crippen LogP contribution is 2.29. The first-order valence-corrected chi connectivity index (χ1v) is 9.19. The smallest absolute Gasteiger partial charge is 0.251 e. The summed E-state index contributed by atoms with van der Waals surface area (Å²) < 4.78 is 12.9. The third-order valence-corrected chi connectivity index (χ3v) is 5.00. The van der Waals surface area contributed by atoms with E-state index in [9.17, 15) is 14.0 Å². The summed E-state index contributed by atoms with van der Waals surface area (Å²) in [6.45, 7) is 1.04. The lowest BCUT2D eigenvalue weighted by Crippen LogP contribution is -2.42. The van der Waals surface area contributed by atoms with Crippen molar-refractivity contribution < 1.29 is 14.0 Å². The molecular weight excluding hydrogens is 357 g/mol. The van der Waals surface area contributed by atoms with Gasteiger partial charge in [0.2, 0.25) is 5.91 Å². The molecule has 0 atom stereocenters. The number of rotatable bonds is 4. The number of para-hydroxylation sites is 1. The maximum Gasteiger partial charge on any atom is 0.251 e. The lowest BCUT2D eigenvalue weighted by Gasteiger charge is -2.26. The summed E-state index contributed by atoms with van der Waals surface area (Å²) in [4.78, 5) is 29.5. The molecule has 0 saturated heterocycles. The summed E-state index contributed by atoms with van der Waals surface area (Å²) >= 11 is 0. The van der Waals surface area contributed by atoms with Gasteiger partial charge in [-0.05, 0) is 42.3 Å². The number of benzene rings is 2. The molecule has 28 heavy (non-hydrogen) atoms. The number of carbonyl (C=O) groups excluding carboxylic acids is 2. The van der Waals surface area contributed by atoms with Gasteiger partial charge in [-0.2, -0.15) is 0 Å². The Labute approximate surface area is 161 Å². The highest BCUT2D eigenvalue weighted by molar-refractivity contribution is 5.97. The molecule has 0 radical (unpaired) electrons. The first-order valence-electron chi connectivity index (χ1n) is 9.19. The van der Waals surface area contributed by atoms with Gasteiger partial charge in [0.25, 0.3) is 5.91 Å². The normalized spacial score (nSPS) is 14.0. The number of halogens is 1. The van der Waals surface area contributed by atoms with E-state index in [0.717, 1.165) is 11.9 Å². The van der Waals surface area contributed by atoms with E-state index in [1.54, 1.807) is 4.90 Å². The Bertz CT molecular complexity index is 1050. The van der Waals surface area contributed by atoms with E-state index in [1.807, 2.05) is 24.4 Å². The monoisotopic (exact) mass is 377 g/mol. The Morgan fingerprint density at radius 2 is 1.89 bits per heavy atom. The van der Waals surface area contributed by atoms with Crippen molar-refractivity contribution in [3.63, 3.8) is 0 Å². The molecule has 1 aliphatic heterocycles. The summed E-state index contributed by atoms with van der Waals surface area (Å²) in [5.74, 6) is -0.927. The van der Waals surface area contributed by atoms with Crippen molar-refractivity contribution in [2.75, 3.05) is 19.6 Å². The number of carbonyl (C=O) groups is 2. The molecule has 3 aromatic rings. The lowest BCUT2D eigenvalue weighted by atomic mass is 9.99. The van der Waals surface area contributed by atoms with Crippen LogP contribution < -0.4 is 5.32 Å². The summed E-state index contributed by atoms with van der Waals surface area (Å²) in [5, 5.41) is 3.78. The van der Waals surface area contributed by atoms with E-state index < -0.39 is 5.82 Å². The van der Waals surface area contributed by atoms with Crippen LogP contribution in [0.3, 0.4) is 0 Å². The van der Waals surface area contributed by atoms with Crippen LogP contribution >= 0.6 is 0 Å². The van der Waals surface area contributed by atoms with Gasteiger partial charge in [-0.25, -0.2) is 4.39 Å². The van der Waals surface area contributed by atoms with Crippen LogP contribution in [0.25, 0.3) is 16.5 Å². The number of H-pyrrole nitrogens is 1. The van der Waals surface area contributed by atoms with Crippen LogP contribution in [-0.4, -0.2) is 41.3 Å². The highest BCUT2D eigenvalue weighted by Gasteiger charge is 2.20. The van der Waals surface area contributed by atoms with Crippen LogP contribution in [0.5, 0.6) is 0 Å². The zero-order valence-electron chi connectivity index (χ0n) is 15.2. The molecule has 2 heterocycles. The minimum atomic E-state index is -0.404. The third kappa shape index (κ3) is 3.67. The molecule has 6 heteroatoms. The van der Waals surface area contributed by atoms with Crippen molar-refractivity contribution in [3.05, 3.63) is 77.7 Å². The number of aromatic nitrogens is 1. The van der Waals surface area contributed by atoms with Crippen LogP contribution in [0.2, 0.25) is 0 Å². The van der Waals surface area contributed by atoms with Crippen LogP contribution in [-0.2, 0) is 4.79 Å². The number of aromatic amines is 1. The van der Waals surface area contributed by atoms with E-state index in [-0.39, 0.29) is 18.4 Å². The molecule has 142 valence electrons. The third-order valence-electron chi connectivity index (χ3n) is 5.00. The predicted octanol–water partition coefficient (Wildman–Crippen LogP) is 3.35. The van der Waals surface area contributed by atoms with Gasteiger partial charge < -0.3 is 15.2 Å². The highest BCUT2D eigenvalue weighted by atomic mass is 19.1. The topological polar surface area (TPSA) is 65.2 Å². The van der Waals surface area contributed by atoms with Crippen molar-refractivity contribution in [1.82, 2.24) is 15.2 Å². The second-order valence-corrected chi connectivity index (χ2v) is 6.76. The Morgan fingerprint density at radius 1 is 1.11 bits per heavy atom. The molecule has 4 rings (SSSR count). The Morgan fingerprint density at radius 3 is 2.64 bits per heavy atom. The molecule has 2 amide bonds. The number of hydrogen-bond donors (Lipinski definition) is 2. The fourth-order valence-corrected chi connectivity index (χ4v) is 3.45. The van der Waals surface area contributed by atoms with Crippen LogP contribution in [0.1, 0.15) is 22.3 Å². The number of nitrogens with one attached hydrogen (secondary N) is 2. The summed E-state index contributed by atoms with van der Waals surface area (Å²) in [5.41, 5.74) is 3.82. The maximum atomic E-state index is 12.9. The molecule has 1 aromatic heterocycles. The molecule has 2 N–H and O–H groups in total. The van der Waals surface area contributed by atoms with E-state index in [1.165, 1.54) is 40.8 Å². The fraction of sp³-hybridized carbons (Fsp3) is 0.182. The van der Waals surface area contributed by atoms with Crippen molar-refractivity contribution in [1.29, 1.82) is 0 Å². The van der Waals surface area contributed by atoms with Crippen molar-refractivity contribution in [2.24, 2.45) is 0 Å². The molecule has 0 aliphatic carbocycles. The summed E-state index contributed by atoms with van der Waals surface area (Å²) in [6.07, 6.45) is 4.84. The Kier molecular flexibility index (Phi) is 4.93. The largest absolute Gasteiger partial charge is 0.361 e. The zero-order valence-corrected chi connectivity index (χ0v) is 15.2. The molecule has 0 unspecified atom stereocenters. The molecule has 1 aliphatic rings. The predicted molar refractivity (Wildman–Crippen MR) is 106 cm³/mol. The van der Waals surface area contributed by atoms with Crippen molar-refractivity contribution in [2.45, 2.75) is 6.42 Å². The molecule has 0 fully saturated rings. The van der Waals surface area contributed by atoms with E-state index in [4.69, 9.17) is 0 Å².